The summed E-state index contributed by atoms with van der Waals surface area (Å²) < 4.78 is 0.847. The van der Waals surface area contributed by atoms with E-state index in [0.717, 1.165) is 4.47 Å². The van der Waals surface area contributed by atoms with Crippen molar-refractivity contribution in [1.29, 1.82) is 0 Å². The molecule has 0 fully saturated rings. The molecule has 2 rings (SSSR count). The largest absolute Gasteiger partial charge is 0.397 e. The van der Waals surface area contributed by atoms with Gasteiger partial charge in [-0.15, -0.1) is 0 Å². The summed E-state index contributed by atoms with van der Waals surface area (Å²) in [5.74, 6) is -0.612. The molecular weight excluding hydrogens is 448 g/mol. The third-order valence-electron chi connectivity index (χ3n) is 4.45. The highest BCUT2D eigenvalue weighted by Crippen LogP contribution is 2.18. The van der Waals surface area contributed by atoms with Gasteiger partial charge in [-0.05, 0) is 43.2 Å². The van der Waals surface area contributed by atoms with Crippen LogP contribution in [0.15, 0.2) is 53.0 Å². The minimum Gasteiger partial charge on any atom is -0.397 e. The van der Waals surface area contributed by atoms with Gasteiger partial charge in [0.2, 0.25) is 17.7 Å². The number of anilines is 3. The molecule has 0 heterocycles. The van der Waals surface area contributed by atoms with Crippen LogP contribution in [0, 0.1) is 0 Å². The van der Waals surface area contributed by atoms with Crippen LogP contribution in [-0.4, -0.2) is 23.8 Å². The topological polar surface area (TPSA) is 113 Å². The number of para-hydroxylation sites is 2. The van der Waals surface area contributed by atoms with Crippen LogP contribution in [0.4, 0.5) is 17.1 Å². The SMILES string of the molecule is CCC(=O)NC(CCCCC(=O)Nc1ccccc1N)C(=O)Nc1cccc(Br)c1. The summed E-state index contributed by atoms with van der Waals surface area (Å²) in [4.78, 5) is 36.6. The number of carbonyl (C=O) groups excluding carboxylic acids is 3. The first-order chi connectivity index (χ1) is 14.4. The van der Waals surface area contributed by atoms with Gasteiger partial charge in [0.05, 0.1) is 11.4 Å². The monoisotopic (exact) mass is 474 g/mol. The van der Waals surface area contributed by atoms with Gasteiger partial charge in [0, 0.05) is 23.0 Å². The van der Waals surface area contributed by atoms with Gasteiger partial charge < -0.3 is 21.7 Å². The van der Waals surface area contributed by atoms with Crippen molar-refractivity contribution in [3.8, 4) is 0 Å². The Balaban J connectivity index is 1.85. The Kier molecular flexibility index (Phi) is 9.34. The molecule has 30 heavy (non-hydrogen) atoms. The summed E-state index contributed by atoms with van der Waals surface area (Å²) in [6, 6.07) is 13.7. The maximum atomic E-state index is 12.6. The first-order valence-corrected chi connectivity index (χ1v) is 10.7. The van der Waals surface area contributed by atoms with Crippen LogP contribution in [0.25, 0.3) is 0 Å². The second kappa shape index (κ2) is 12.0. The van der Waals surface area contributed by atoms with Crippen molar-refractivity contribution in [3.63, 3.8) is 0 Å². The fourth-order valence-corrected chi connectivity index (χ4v) is 3.22. The van der Waals surface area contributed by atoms with Gasteiger partial charge >= 0.3 is 0 Å². The molecule has 2 aromatic carbocycles. The van der Waals surface area contributed by atoms with Crippen molar-refractivity contribution in [2.24, 2.45) is 0 Å². The van der Waals surface area contributed by atoms with Gasteiger partial charge in [0.25, 0.3) is 0 Å². The number of nitrogen functional groups attached to an aromatic ring is 1. The number of rotatable bonds is 10. The average Bonchev–Trinajstić information content (AvgIpc) is 2.71. The van der Waals surface area contributed by atoms with E-state index in [1.165, 1.54) is 0 Å². The van der Waals surface area contributed by atoms with Crippen LogP contribution in [0.3, 0.4) is 0 Å². The zero-order valence-electron chi connectivity index (χ0n) is 16.9. The summed E-state index contributed by atoms with van der Waals surface area (Å²) in [5.41, 5.74) is 7.57. The number of hydrogen-bond acceptors (Lipinski definition) is 4. The molecule has 0 saturated carbocycles. The molecule has 8 heteroatoms. The fourth-order valence-electron chi connectivity index (χ4n) is 2.82. The quantitative estimate of drug-likeness (QED) is 0.307. The Labute approximate surface area is 184 Å². The van der Waals surface area contributed by atoms with Crippen LogP contribution < -0.4 is 21.7 Å². The van der Waals surface area contributed by atoms with E-state index in [9.17, 15) is 14.4 Å². The number of hydrogen-bond donors (Lipinski definition) is 4. The van der Waals surface area contributed by atoms with Gasteiger partial charge in [-0.1, -0.05) is 47.5 Å². The lowest BCUT2D eigenvalue weighted by atomic mass is 10.1. The van der Waals surface area contributed by atoms with E-state index in [1.54, 1.807) is 43.3 Å². The van der Waals surface area contributed by atoms with E-state index in [2.05, 4.69) is 31.9 Å². The second-order valence-corrected chi connectivity index (χ2v) is 7.77. The number of unbranched alkanes of at least 4 members (excludes halogenated alkanes) is 1. The minimum atomic E-state index is -0.663. The normalized spacial score (nSPS) is 11.4. The molecule has 0 aliphatic rings. The van der Waals surface area contributed by atoms with E-state index in [4.69, 9.17) is 5.73 Å². The molecule has 0 aliphatic heterocycles. The van der Waals surface area contributed by atoms with Crippen LogP contribution in [-0.2, 0) is 14.4 Å². The number of benzene rings is 2. The van der Waals surface area contributed by atoms with Crippen LogP contribution >= 0.6 is 15.9 Å². The van der Waals surface area contributed by atoms with Crippen LogP contribution in [0.2, 0.25) is 0 Å². The highest BCUT2D eigenvalue weighted by Gasteiger charge is 2.20. The highest BCUT2D eigenvalue weighted by atomic mass is 79.9. The van der Waals surface area contributed by atoms with E-state index in [-0.39, 0.29) is 17.7 Å². The Morgan fingerprint density at radius 1 is 1.00 bits per heavy atom. The molecule has 160 valence electrons. The zero-order valence-corrected chi connectivity index (χ0v) is 18.5. The predicted molar refractivity (Wildman–Crippen MR) is 123 cm³/mol. The Bertz CT molecular complexity index is 888. The molecule has 0 saturated heterocycles. The molecule has 0 aromatic heterocycles. The number of carbonyl (C=O) groups is 3. The molecule has 0 bridgehead atoms. The Hall–Kier alpha value is -2.87. The smallest absolute Gasteiger partial charge is 0.246 e. The predicted octanol–water partition coefficient (Wildman–Crippen LogP) is 4.06. The lowest BCUT2D eigenvalue weighted by molar-refractivity contribution is -0.126. The van der Waals surface area contributed by atoms with E-state index >= 15 is 0 Å². The van der Waals surface area contributed by atoms with Crippen molar-refractivity contribution >= 4 is 50.7 Å². The first kappa shape index (κ1) is 23.4. The van der Waals surface area contributed by atoms with Gasteiger partial charge in [0.15, 0.2) is 0 Å². The van der Waals surface area contributed by atoms with Crippen molar-refractivity contribution in [2.75, 3.05) is 16.4 Å². The first-order valence-electron chi connectivity index (χ1n) is 9.89. The summed E-state index contributed by atoms with van der Waals surface area (Å²) in [6.45, 7) is 1.73. The standard InChI is InChI=1S/C22H27BrN4O3/c1-2-20(28)27-19(22(30)25-16-9-7-8-15(23)14-16)12-5-6-13-21(29)26-18-11-4-3-10-17(18)24/h3-4,7-11,14,19H,2,5-6,12-13,24H2,1H3,(H,25,30)(H,26,29)(H,27,28). The molecule has 2 aromatic rings. The molecule has 0 spiro atoms. The Morgan fingerprint density at radius 3 is 2.47 bits per heavy atom. The number of nitrogens with two attached hydrogens (primary N) is 1. The lowest BCUT2D eigenvalue weighted by Crippen LogP contribution is -2.43. The van der Waals surface area contributed by atoms with E-state index < -0.39 is 6.04 Å². The summed E-state index contributed by atoms with van der Waals surface area (Å²) in [7, 11) is 0. The molecule has 5 N–H and O–H groups in total. The average molecular weight is 475 g/mol. The number of nitrogens with one attached hydrogen (secondary N) is 3. The second-order valence-electron chi connectivity index (χ2n) is 6.85. The third-order valence-corrected chi connectivity index (χ3v) is 4.94. The van der Waals surface area contributed by atoms with Crippen molar-refractivity contribution in [3.05, 3.63) is 53.0 Å². The number of halogens is 1. The van der Waals surface area contributed by atoms with Crippen molar-refractivity contribution < 1.29 is 14.4 Å². The molecule has 0 aliphatic carbocycles. The molecule has 3 amide bonds. The maximum absolute atomic E-state index is 12.6. The van der Waals surface area contributed by atoms with Crippen molar-refractivity contribution in [2.45, 2.75) is 45.1 Å². The summed E-state index contributed by atoms with van der Waals surface area (Å²) in [5, 5.41) is 8.36. The highest BCUT2D eigenvalue weighted by molar-refractivity contribution is 9.10. The lowest BCUT2D eigenvalue weighted by Gasteiger charge is -2.18. The molecule has 1 atom stereocenters. The van der Waals surface area contributed by atoms with E-state index in [0.29, 0.717) is 49.2 Å². The Morgan fingerprint density at radius 2 is 1.77 bits per heavy atom. The molecular formula is C22H27BrN4O3. The van der Waals surface area contributed by atoms with Crippen molar-refractivity contribution in [1.82, 2.24) is 5.32 Å². The maximum Gasteiger partial charge on any atom is 0.246 e. The summed E-state index contributed by atoms with van der Waals surface area (Å²) in [6.07, 6.45) is 2.23. The van der Waals surface area contributed by atoms with Crippen LogP contribution in [0.5, 0.6) is 0 Å². The van der Waals surface area contributed by atoms with E-state index in [1.807, 2.05) is 12.1 Å². The van der Waals surface area contributed by atoms with Gasteiger partial charge in [-0.25, -0.2) is 0 Å². The summed E-state index contributed by atoms with van der Waals surface area (Å²) >= 11 is 3.37. The van der Waals surface area contributed by atoms with Gasteiger partial charge in [0.1, 0.15) is 6.04 Å². The molecule has 7 nitrogen and oxygen atoms in total. The third kappa shape index (κ3) is 7.87. The fraction of sp³-hybridized carbons (Fsp3) is 0.318. The van der Waals surface area contributed by atoms with Gasteiger partial charge in [-0.3, -0.25) is 14.4 Å². The van der Waals surface area contributed by atoms with Crippen LogP contribution in [0.1, 0.15) is 39.0 Å². The molecule has 0 radical (unpaired) electrons. The van der Waals surface area contributed by atoms with Gasteiger partial charge in [-0.2, -0.15) is 0 Å². The number of amides is 3. The minimum absolute atomic E-state index is 0.138. The zero-order chi connectivity index (χ0) is 21.9. The molecule has 1 unspecified atom stereocenters.